The Morgan fingerprint density at radius 2 is 1.76 bits per heavy atom. The van der Waals surface area contributed by atoms with Crippen LogP contribution in [0.25, 0.3) is 22.6 Å². The van der Waals surface area contributed by atoms with E-state index in [0.29, 0.717) is 17.9 Å². The summed E-state index contributed by atoms with van der Waals surface area (Å²) >= 11 is 6.12. The van der Waals surface area contributed by atoms with Gasteiger partial charge in [0, 0.05) is 11.6 Å². The van der Waals surface area contributed by atoms with Crippen LogP contribution in [0, 0.1) is 20.8 Å². The molecule has 1 N–H and O–H groups in total. The Morgan fingerprint density at radius 1 is 1.00 bits per heavy atom. The van der Waals surface area contributed by atoms with Crippen LogP contribution in [0.15, 0.2) is 39.9 Å². The number of nitrogens with one attached hydrogen (secondary N) is 1. The molecule has 0 saturated heterocycles. The summed E-state index contributed by atoms with van der Waals surface area (Å²) in [4.78, 5) is 34.9. The predicted molar refractivity (Wildman–Crippen MR) is 115 cm³/mol. The van der Waals surface area contributed by atoms with Crippen LogP contribution in [0.1, 0.15) is 28.7 Å². The number of nitrogens with zero attached hydrogens (tertiary/aromatic N) is 3. The van der Waals surface area contributed by atoms with Crippen LogP contribution in [0.4, 0.5) is 0 Å². The van der Waals surface area contributed by atoms with Crippen molar-refractivity contribution in [2.24, 2.45) is 0 Å². The molecular formula is C22H21ClN4O2. The molecule has 0 aliphatic carbocycles. The zero-order chi connectivity index (χ0) is 20.7. The number of hydrogen-bond donors (Lipinski definition) is 1. The molecule has 0 saturated carbocycles. The minimum atomic E-state index is -0.658. The molecular weight excluding hydrogens is 388 g/mol. The van der Waals surface area contributed by atoms with E-state index in [0.717, 1.165) is 40.1 Å². The lowest BCUT2D eigenvalue weighted by Gasteiger charge is -2.18. The van der Waals surface area contributed by atoms with Crippen LogP contribution in [-0.4, -0.2) is 19.5 Å². The monoisotopic (exact) mass is 408 g/mol. The highest BCUT2D eigenvalue weighted by atomic mass is 35.5. The zero-order valence-electron chi connectivity index (χ0n) is 16.5. The van der Waals surface area contributed by atoms with Gasteiger partial charge in [0.1, 0.15) is 0 Å². The summed E-state index contributed by atoms with van der Waals surface area (Å²) in [5.74, 6) is 0.321. The van der Waals surface area contributed by atoms with E-state index in [1.807, 2.05) is 49.6 Å². The van der Waals surface area contributed by atoms with E-state index >= 15 is 0 Å². The lowest BCUT2D eigenvalue weighted by atomic mass is 10.1. The van der Waals surface area contributed by atoms with Gasteiger partial charge in [-0.15, -0.1) is 0 Å². The van der Waals surface area contributed by atoms with E-state index in [2.05, 4.69) is 21.0 Å². The van der Waals surface area contributed by atoms with Gasteiger partial charge in [-0.3, -0.25) is 9.78 Å². The number of aromatic nitrogens is 4. The molecule has 2 aromatic carbocycles. The molecule has 148 valence electrons. The third kappa shape index (κ3) is 3.68. The van der Waals surface area contributed by atoms with E-state index in [1.165, 1.54) is 5.56 Å². The van der Waals surface area contributed by atoms with Gasteiger partial charge in [0.15, 0.2) is 11.5 Å². The standard InChI is InChI=1S/C22H21ClN4O2/c1-12-10-17-18(11-13(12)2)27(20-19(24-17)21(28)26-22(29)25-20)8-4-5-15-6-7-16(23)14(3)9-15/h6-7,9-11H,4-5,8H2,1-3H3,(H,26,28,29). The SMILES string of the molecule is Cc1cc2nc3c(=O)[nH]c(=O)nc-3n(CCCc3ccc(Cl)c(C)c3)c2cc1C. The van der Waals surface area contributed by atoms with E-state index < -0.39 is 11.2 Å². The molecule has 0 spiro atoms. The number of rotatable bonds is 4. The van der Waals surface area contributed by atoms with E-state index in [-0.39, 0.29) is 5.69 Å². The van der Waals surface area contributed by atoms with Crippen LogP contribution in [-0.2, 0) is 13.0 Å². The first-order chi connectivity index (χ1) is 13.8. The molecule has 29 heavy (non-hydrogen) atoms. The molecule has 0 fully saturated rings. The smallest absolute Gasteiger partial charge is 0.322 e. The highest BCUT2D eigenvalue weighted by Gasteiger charge is 2.19. The molecule has 2 heterocycles. The molecule has 6 nitrogen and oxygen atoms in total. The Balaban J connectivity index is 1.79. The largest absolute Gasteiger partial charge is 0.349 e. The minimum absolute atomic E-state index is 0.183. The van der Waals surface area contributed by atoms with Crippen molar-refractivity contribution in [1.82, 2.24) is 19.5 Å². The lowest BCUT2D eigenvalue weighted by Crippen LogP contribution is -2.29. The fraction of sp³-hybridized carbons (Fsp3) is 0.273. The fourth-order valence-corrected chi connectivity index (χ4v) is 3.70. The van der Waals surface area contributed by atoms with Gasteiger partial charge in [0.05, 0.1) is 11.0 Å². The maximum absolute atomic E-state index is 12.3. The number of H-pyrrole nitrogens is 1. The van der Waals surface area contributed by atoms with Gasteiger partial charge < -0.3 is 4.57 Å². The minimum Gasteiger partial charge on any atom is -0.322 e. The molecule has 7 heteroatoms. The first kappa shape index (κ1) is 19.3. The summed E-state index contributed by atoms with van der Waals surface area (Å²) in [7, 11) is 0. The second-order valence-corrected chi connectivity index (χ2v) is 7.83. The Bertz CT molecular complexity index is 1320. The van der Waals surface area contributed by atoms with Gasteiger partial charge >= 0.3 is 5.69 Å². The Hall–Kier alpha value is -2.99. The van der Waals surface area contributed by atoms with Crippen molar-refractivity contribution >= 4 is 22.6 Å². The highest BCUT2D eigenvalue weighted by Crippen LogP contribution is 2.24. The summed E-state index contributed by atoms with van der Waals surface area (Å²) < 4.78 is 1.93. The Kier molecular flexibility index (Phi) is 4.96. The van der Waals surface area contributed by atoms with E-state index in [4.69, 9.17) is 11.6 Å². The lowest BCUT2D eigenvalue weighted by molar-refractivity contribution is 0.648. The number of aromatic amines is 1. The Labute approximate surface area is 172 Å². The Morgan fingerprint density at radius 3 is 2.52 bits per heavy atom. The molecule has 0 amide bonds. The van der Waals surface area contributed by atoms with Gasteiger partial charge in [0.2, 0.25) is 0 Å². The van der Waals surface area contributed by atoms with Gasteiger partial charge in [-0.25, -0.2) is 9.78 Å². The van der Waals surface area contributed by atoms with Crippen LogP contribution >= 0.6 is 11.6 Å². The van der Waals surface area contributed by atoms with Crippen molar-refractivity contribution in [1.29, 1.82) is 0 Å². The second-order valence-electron chi connectivity index (χ2n) is 7.42. The predicted octanol–water partition coefficient (Wildman–Crippen LogP) is 3.80. The number of aryl methyl sites for hydroxylation is 5. The zero-order valence-corrected chi connectivity index (χ0v) is 17.3. The first-order valence-corrected chi connectivity index (χ1v) is 9.88. The summed E-state index contributed by atoms with van der Waals surface area (Å²) in [5, 5.41) is 0.756. The van der Waals surface area contributed by atoms with Crippen molar-refractivity contribution in [2.45, 2.75) is 40.2 Å². The molecule has 0 radical (unpaired) electrons. The number of benzene rings is 2. The van der Waals surface area contributed by atoms with E-state index in [9.17, 15) is 9.59 Å². The molecule has 4 rings (SSSR count). The molecule has 0 aromatic heterocycles. The number of halogens is 1. The molecule has 2 aliphatic rings. The maximum Gasteiger partial charge on any atom is 0.349 e. The maximum atomic E-state index is 12.3. The summed E-state index contributed by atoms with van der Waals surface area (Å²) in [6.07, 6.45) is 1.66. The van der Waals surface area contributed by atoms with Gasteiger partial charge in [-0.05, 0) is 74.1 Å². The van der Waals surface area contributed by atoms with Crippen molar-refractivity contribution in [3.63, 3.8) is 0 Å². The second kappa shape index (κ2) is 7.44. The third-order valence-corrected chi connectivity index (χ3v) is 5.72. The summed E-state index contributed by atoms with van der Waals surface area (Å²) in [5.41, 5.74) is 5.05. The van der Waals surface area contributed by atoms with Crippen LogP contribution in [0.2, 0.25) is 5.02 Å². The van der Waals surface area contributed by atoms with E-state index in [1.54, 1.807) is 0 Å². The molecule has 2 aliphatic heterocycles. The van der Waals surface area contributed by atoms with Crippen LogP contribution in [0.3, 0.4) is 0 Å². The molecule has 2 aromatic rings. The van der Waals surface area contributed by atoms with Crippen molar-refractivity contribution in [3.05, 3.63) is 78.4 Å². The highest BCUT2D eigenvalue weighted by molar-refractivity contribution is 6.31. The van der Waals surface area contributed by atoms with Gasteiger partial charge in [0.25, 0.3) is 5.56 Å². The van der Waals surface area contributed by atoms with Crippen LogP contribution in [0.5, 0.6) is 0 Å². The average molecular weight is 409 g/mol. The molecule has 0 bridgehead atoms. The van der Waals surface area contributed by atoms with Crippen molar-refractivity contribution in [2.75, 3.05) is 0 Å². The van der Waals surface area contributed by atoms with Crippen molar-refractivity contribution in [3.8, 4) is 11.5 Å². The average Bonchev–Trinajstić information content (AvgIpc) is 2.66. The molecule has 0 atom stereocenters. The third-order valence-electron chi connectivity index (χ3n) is 5.29. The fourth-order valence-electron chi connectivity index (χ4n) is 3.58. The topological polar surface area (TPSA) is 80.6 Å². The quantitative estimate of drug-likeness (QED) is 0.521. The summed E-state index contributed by atoms with van der Waals surface area (Å²) in [6, 6.07) is 10.0. The number of fused-ring (bicyclic) bond motifs is 2. The van der Waals surface area contributed by atoms with Crippen molar-refractivity contribution < 1.29 is 0 Å². The normalized spacial score (nSPS) is 11.4. The van der Waals surface area contributed by atoms with Crippen LogP contribution < -0.4 is 11.2 Å². The summed E-state index contributed by atoms with van der Waals surface area (Å²) in [6.45, 7) is 6.64. The molecule has 0 unspecified atom stereocenters. The van der Waals surface area contributed by atoms with Gasteiger partial charge in [-0.1, -0.05) is 23.7 Å². The van der Waals surface area contributed by atoms with Gasteiger partial charge in [-0.2, -0.15) is 4.98 Å². The first-order valence-electron chi connectivity index (χ1n) is 9.50. The number of hydrogen-bond acceptors (Lipinski definition) is 4.